The maximum atomic E-state index is 10.7. The molecule has 0 aliphatic heterocycles. The highest BCUT2D eigenvalue weighted by Crippen LogP contribution is 2.26. The molecule has 0 saturated heterocycles. The number of hydrogen-bond donors (Lipinski definition) is 0. The van der Waals surface area contributed by atoms with E-state index in [0.29, 0.717) is 5.75 Å². The second-order valence-corrected chi connectivity index (χ2v) is 3.11. The Morgan fingerprint density at radius 2 is 1.87 bits per heavy atom. The van der Waals surface area contributed by atoms with Crippen LogP contribution in [0.4, 0.5) is 0 Å². The van der Waals surface area contributed by atoms with Crippen LogP contribution in [0.3, 0.4) is 0 Å². The molecule has 1 aromatic carbocycles. The van der Waals surface area contributed by atoms with Crippen molar-refractivity contribution in [3.05, 3.63) is 24.3 Å². The lowest BCUT2D eigenvalue weighted by Crippen LogP contribution is -2.07. The van der Waals surface area contributed by atoms with E-state index in [9.17, 15) is 9.59 Å². The highest BCUT2D eigenvalue weighted by Gasteiger charge is 2.07. The molecule has 0 radical (unpaired) electrons. The molecular formula is C10H9ClO4. The molecule has 15 heavy (non-hydrogen) atoms. The zero-order chi connectivity index (χ0) is 11.3. The smallest absolute Gasteiger partial charge is 0.308 e. The monoisotopic (exact) mass is 228 g/mol. The third-order valence-electron chi connectivity index (χ3n) is 1.44. The molecule has 0 fully saturated rings. The van der Waals surface area contributed by atoms with E-state index in [1.807, 2.05) is 0 Å². The summed E-state index contributed by atoms with van der Waals surface area (Å²) in [5.74, 6) is 0.118. The fourth-order valence-corrected chi connectivity index (χ4v) is 0.998. The molecule has 0 bridgehead atoms. The molecular weight excluding hydrogens is 220 g/mol. The lowest BCUT2D eigenvalue weighted by Gasteiger charge is -2.08. The van der Waals surface area contributed by atoms with Crippen molar-refractivity contribution in [3.63, 3.8) is 0 Å². The highest BCUT2D eigenvalue weighted by molar-refractivity contribution is 6.63. The summed E-state index contributed by atoms with van der Waals surface area (Å²) in [6.07, 6.45) is 0. The van der Waals surface area contributed by atoms with E-state index in [2.05, 4.69) is 0 Å². The molecule has 4 nitrogen and oxygen atoms in total. The Bertz CT molecular complexity index is 375. The van der Waals surface area contributed by atoms with E-state index < -0.39 is 11.2 Å². The molecule has 80 valence electrons. The summed E-state index contributed by atoms with van der Waals surface area (Å²) in [7, 11) is 0. The zero-order valence-electron chi connectivity index (χ0n) is 8.03. The van der Waals surface area contributed by atoms with Gasteiger partial charge in [-0.2, -0.15) is 0 Å². The van der Waals surface area contributed by atoms with Gasteiger partial charge in [-0.15, -0.1) is 0 Å². The van der Waals surface area contributed by atoms with Crippen LogP contribution >= 0.6 is 11.6 Å². The van der Waals surface area contributed by atoms with Crippen molar-refractivity contribution in [1.82, 2.24) is 0 Å². The van der Waals surface area contributed by atoms with Gasteiger partial charge in [0, 0.05) is 6.92 Å². The number of para-hydroxylation sites is 2. The summed E-state index contributed by atoms with van der Waals surface area (Å²) >= 11 is 5.11. The van der Waals surface area contributed by atoms with Crippen LogP contribution in [0.5, 0.6) is 11.5 Å². The first-order chi connectivity index (χ1) is 7.09. The largest absolute Gasteiger partial charge is 0.481 e. The lowest BCUT2D eigenvalue weighted by molar-refractivity contribution is -0.132. The first-order valence-corrected chi connectivity index (χ1v) is 4.56. The molecule has 1 aromatic rings. The average Bonchev–Trinajstić information content (AvgIpc) is 2.15. The van der Waals surface area contributed by atoms with Crippen molar-refractivity contribution in [2.75, 3.05) is 6.61 Å². The van der Waals surface area contributed by atoms with Gasteiger partial charge >= 0.3 is 5.97 Å². The first kappa shape index (κ1) is 11.5. The van der Waals surface area contributed by atoms with Crippen LogP contribution in [0.1, 0.15) is 6.92 Å². The minimum absolute atomic E-state index is 0.264. The Kier molecular flexibility index (Phi) is 4.12. The van der Waals surface area contributed by atoms with Gasteiger partial charge in [0.1, 0.15) is 0 Å². The van der Waals surface area contributed by atoms with Gasteiger partial charge in [0.15, 0.2) is 18.1 Å². The summed E-state index contributed by atoms with van der Waals surface area (Å²) in [4.78, 5) is 21.2. The zero-order valence-corrected chi connectivity index (χ0v) is 8.78. The van der Waals surface area contributed by atoms with Gasteiger partial charge in [-0.3, -0.25) is 9.59 Å². The number of halogens is 1. The summed E-state index contributed by atoms with van der Waals surface area (Å²) in [6, 6.07) is 6.53. The topological polar surface area (TPSA) is 52.6 Å². The van der Waals surface area contributed by atoms with Gasteiger partial charge in [0.2, 0.25) is 0 Å². The molecule has 0 heterocycles. The fourth-order valence-electron chi connectivity index (χ4n) is 0.943. The molecule has 0 aromatic heterocycles. The fraction of sp³-hybridized carbons (Fsp3) is 0.200. The Morgan fingerprint density at radius 3 is 2.40 bits per heavy atom. The Hall–Kier alpha value is -1.55. The molecule has 5 heteroatoms. The van der Waals surface area contributed by atoms with Crippen molar-refractivity contribution in [1.29, 1.82) is 0 Å². The van der Waals surface area contributed by atoms with Crippen LogP contribution in [0.25, 0.3) is 0 Å². The van der Waals surface area contributed by atoms with Gasteiger partial charge in [-0.05, 0) is 23.7 Å². The predicted molar refractivity (Wildman–Crippen MR) is 54.1 cm³/mol. The molecule has 0 saturated carbocycles. The van der Waals surface area contributed by atoms with Crippen molar-refractivity contribution >= 4 is 22.8 Å². The van der Waals surface area contributed by atoms with Crippen molar-refractivity contribution < 1.29 is 19.1 Å². The number of benzene rings is 1. The van der Waals surface area contributed by atoms with Crippen molar-refractivity contribution in [2.24, 2.45) is 0 Å². The van der Waals surface area contributed by atoms with E-state index in [-0.39, 0.29) is 12.4 Å². The number of carbonyl (C=O) groups is 2. The Balaban J connectivity index is 2.76. The third kappa shape index (κ3) is 3.99. The van der Waals surface area contributed by atoms with Gasteiger partial charge < -0.3 is 9.47 Å². The predicted octanol–water partition coefficient (Wildman–Crippen LogP) is 1.76. The number of hydrogen-bond acceptors (Lipinski definition) is 4. The average molecular weight is 229 g/mol. The maximum absolute atomic E-state index is 10.7. The van der Waals surface area contributed by atoms with E-state index in [1.54, 1.807) is 24.3 Å². The molecule has 0 atom stereocenters. The summed E-state index contributed by atoms with van der Waals surface area (Å²) in [5.41, 5.74) is 0. The second kappa shape index (κ2) is 5.36. The van der Waals surface area contributed by atoms with Crippen molar-refractivity contribution in [2.45, 2.75) is 6.92 Å². The van der Waals surface area contributed by atoms with Crippen LogP contribution in [0.2, 0.25) is 0 Å². The standard InChI is InChI=1S/C10H9ClO4/c1-7(12)15-9-5-3-2-4-8(9)14-6-10(11)13/h2-5H,6H2,1H3. The van der Waals surface area contributed by atoms with Gasteiger partial charge in [-0.1, -0.05) is 12.1 Å². The van der Waals surface area contributed by atoms with E-state index >= 15 is 0 Å². The van der Waals surface area contributed by atoms with Crippen LogP contribution < -0.4 is 9.47 Å². The number of ether oxygens (including phenoxy) is 2. The van der Waals surface area contributed by atoms with Gasteiger partial charge in [-0.25, -0.2) is 0 Å². The molecule has 1 rings (SSSR count). The maximum Gasteiger partial charge on any atom is 0.308 e. The minimum Gasteiger partial charge on any atom is -0.481 e. The Morgan fingerprint density at radius 1 is 1.27 bits per heavy atom. The summed E-state index contributed by atoms with van der Waals surface area (Å²) < 4.78 is 9.90. The Labute approximate surface area is 91.7 Å². The molecule has 0 spiro atoms. The quantitative estimate of drug-likeness (QED) is 0.448. The molecule has 0 N–H and O–H groups in total. The second-order valence-electron chi connectivity index (χ2n) is 2.68. The van der Waals surface area contributed by atoms with E-state index in [4.69, 9.17) is 21.1 Å². The van der Waals surface area contributed by atoms with Crippen LogP contribution in [0, 0.1) is 0 Å². The molecule has 0 aliphatic carbocycles. The van der Waals surface area contributed by atoms with E-state index in [1.165, 1.54) is 6.92 Å². The molecule has 0 amide bonds. The van der Waals surface area contributed by atoms with Gasteiger partial charge in [0.05, 0.1) is 0 Å². The van der Waals surface area contributed by atoms with Crippen molar-refractivity contribution in [3.8, 4) is 11.5 Å². The third-order valence-corrected chi connectivity index (χ3v) is 1.55. The normalized spacial score (nSPS) is 9.47. The number of carbonyl (C=O) groups excluding carboxylic acids is 2. The molecule has 0 unspecified atom stereocenters. The van der Waals surface area contributed by atoms with E-state index in [0.717, 1.165) is 0 Å². The summed E-state index contributed by atoms with van der Waals surface area (Å²) in [5, 5.41) is -0.618. The lowest BCUT2D eigenvalue weighted by atomic mass is 10.3. The van der Waals surface area contributed by atoms with Crippen LogP contribution in [-0.2, 0) is 9.59 Å². The first-order valence-electron chi connectivity index (χ1n) is 4.18. The number of rotatable bonds is 4. The highest BCUT2D eigenvalue weighted by atomic mass is 35.5. The van der Waals surface area contributed by atoms with Crippen LogP contribution in [0.15, 0.2) is 24.3 Å². The van der Waals surface area contributed by atoms with Crippen LogP contribution in [-0.4, -0.2) is 17.8 Å². The van der Waals surface area contributed by atoms with Gasteiger partial charge in [0.25, 0.3) is 5.24 Å². The minimum atomic E-state index is -0.618. The number of esters is 1. The molecule has 0 aliphatic rings. The SMILES string of the molecule is CC(=O)Oc1ccccc1OCC(=O)Cl. The summed E-state index contributed by atoms with van der Waals surface area (Å²) in [6.45, 7) is 1.02.